The molecule has 0 fully saturated rings. The summed E-state index contributed by atoms with van der Waals surface area (Å²) >= 11 is 0. The van der Waals surface area contributed by atoms with Crippen molar-refractivity contribution in [2.24, 2.45) is 5.92 Å². The first-order chi connectivity index (χ1) is 6.58. The van der Waals surface area contributed by atoms with Crippen molar-refractivity contribution in [3.63, 3.8) is 0 Å². The number of anilines is 1. The molecule has 0 bridgehead atoms. The van der Waals surface area contributed by atoms with Gasteiger partial charge in [-0.15, -0.1) is 0 Å². The highest BCUT2D eigenvalue weighted by Gasteiger charge is 2.05. The van der Waals surface area contributed by atoms with E-state index in [1.807, 2.05) is 13.8 Å². The van der Waals surface area contributed by atoms with Gasteiger partial charge in [-0.3, -0.25) is 9.48 Å². The van der Waals surface area contributed by atoms with Crippen LogP contribution >= 0.6 is 0 Å². The minimum absolute atomic E-state index is 0.115. The third-order valence-electron chi connectivity index (χ3n) is 1.53. The van der Waals surface area contributed by atoms with Crippen LogP contribution in [-0.2, 0) is 16.1 Å². The van der Waals surface area contributed by atoms with Crippen molar-refractivity contribution in [3.8, 4) is 0 Å². The normalized spacial score (nSPS) is 10.5. The first-order valence-corrected chi connectivity index (χ1v) is 4.52. The molecule has 0 amide bonds. The fourth-order valence-electron chi connectivity index (χ4n) is 0.903. The summed E-state index contributed by atoms with van der Waals surface area (Å²) < 4.78 is 6.43. The fourth-order valence-corrected chi connectivity index (χ4v) is 0.903. The second kappa shape index (κ2) is 4.64. The highest BCUT2D eigenvalue weighted by molar-refractivity contribution is 5.69. The van der Waals surface area contributed by atoms with Gasteiger partial charge in [0, 0.05) is 6.20 Å². The maximum absolute atomic E-state index is 11.2. The van der Waals surface area contributed by atoms with Gasteiger partial charge in [0.05, 0.1) is 6.61 Å². The van der Waals surface area contributed by atoms with Crippen LogP contribution in [-0.4, -0.2) is 22.4 Å². The molecule has 0 spiro atoms. The van der Waals surface area contributed by atoms with Crippen LogP contribution in [0.1, 0.15) is 13.8 Å². The number of hydrogen-bond acceptors (Lipinski definition) is 4. The Balaban J connectivity index is 2.34. The minimum atomic E-state index is -0.290. The zero-order valence-electron chi connectivity index (χ0n) is 8.43. The molecule has 1 aromatic rings. The van der Waals surface area contributed by atoms with E-state index in [4.69, 9.17) is 10.5 Å². The molecule has 0 saturated carbocycles. The lowest BCUT2D eigenvalue weighted by Gasteiger charge is -2.06. The van der Waals surface area contributed by atoms with Crippen LogP contribution in [0.25, 0.3) is 0 Å². The van der Waals surface area contributed by atoms with Crippen LogP contribution < -0.4 is 5.73 Å². The molecule has 0 radical (unpaired) electrons. The topological polar surface area (TPSA) is 70.1 Å². The quantitative estimate of drug-likeness (QED) is 0.720. The lowest BCUT2D eigenvalue weighted by molar-refractivity contribution is -0.145. The molecule has 2 N–H and O–H groups in total. The molecule has 0 atom stereocenters. The van der Waals surface area contributed by atoms with Gasteiger partial charge in [-0.1, -0.05) is 13.8 Å². The largest absolute Gasteiger partial charge is 0.464 e. The van der Waals surface area contributed by atoms with Gasteiger partial charge in [0.2, 0.25) is 0 Å². The van der Waals surface area contributed by atoms with Crippen LogP contribution in [0.3, 0.4) is 0 Å². The molecular formula is C9H15N3O2. The average molecular weight is 197 g/mol. The van der Waals surface area contributed by atoms with E-state index >= 15 is 0 Å². The number of nitrogen functional groups attached to an aromatic ring is 1. The lowest BCUT2D eigenvalue weighted by Crippen LogP contribution is -2.16. The minimum Gasteiger partial charge on any atom is -0.464 e. The third-order valence-corrected chi connectivity index (χ3v) is 1.53. The molecule has 78 valence electrons. The SMILES string of the molecule is CC(C)COC(=O)Cn1ccc(N)n1. The van der Waals surface area contributed by atoms with E-state index < -0.39 is 0 Å². The Morgan fingerprint density at radius 1 is 1.71 bits per heavy atom. The maximum atomic E-state index is 11.2. The zero-order chi connectivity index (χ0) is 10.6. The average Bonchev–Trinajstić information content (AvgIpc) is 2.48. The van der Waals surface area contributed by atoms with Crippen molar-refractivity contribution in [3.05, 3.63) is 12.3 Å². The van der Waals surface area contributed by atoms with E-state index in [0.29, 0.717) is 18.3 Å². The summed E-state index contributed by atoms with van der Waals surface area (Å²) in [5, 5.41) is 3.87. The van der Waals surface area contributed by atoms with Crippen LogP contribution in [0.2, 0.25) is 0 Å². The Morgan fingerprint density at radius 2 is 2.43 bits per heavy atom. The number of esters is 1. The number of carbonyl (C=O) groups is 1. The second-order valence-electron chi connectivity index (χ2n) is 3.52. The molecule has 0 aliphatic carbocycles. The summed E-state index contributed by atoms with van der Waals surface area (Å²) in [5.41, 5.74) is 5.39. The molecule has 0 aliphatic heterocycles. The number of ether oxygens (including phenoxy) is 1. The van der Waals surface area contributed by atoms with Gasteiger partial charge < -0.3 is 10.5 Å². The van der Waals surface area contributed by atoms with Crippen LogP contribution in [0.5, 0.6) is 0 Å². The molecule has 5 nitrogen and oxygen atoms in total. The first kappa shape index (κ1) is 10.6. The predicted octanol–water partition coefficient (Wildman–Crippen LogP) is 0.664. The van der Waals surface area contributed by atoms with Crippen molar-refractivity contribution >= 4 is 11.8 Å². The van der Waals surface area contributed by atoms with E-state index in [2.05, 4.69) is 5.10 Å². The Bertz CT molecular complexity index is 307. The summed E-state index contributed by atoms with van der Waals surface area (Å²) in [4.78, 5) is 11.2. The predicted molar refractivity (Wildman–Crippen MR) is 52.4 cm³/mol. The van der Waals surface area contributed by atoms with Crippen molar-refractivity contribution in [2.75, 3.05) is 12.3 Å². The second-order valence-corrected chi connectivity index (χ2v) is 3.52. The van der Waals surface area contributed by atoms with Crippen LogP contribution in [0.15, 0.2) is 12.3 Å². The Morgan fingerprint density at radius 3 is 2.93 bits per heavy atom. The zero-order valence-corrected chi connectivity index (χ0v) is 8.43. The van der Waals surface area contributed by atoms with Crippen molar-refractivity contribution in [2.45, 2.75) is 20.4 Å². The van der Waals surface area contributed by atoms with Gasteiger partial charge in [-0.05, 0) is 12.0 Å². The van der Waals surface area contributed by atoms with Gasteiger partial charge in [-0.2, -0.15) is 5.10 Å². The highest BCUT2D eigenvalue weighted by Crippen LogP contribution is 1.98. The standard InChI is InChI=1S/C9H15N3O2/c1-7(2)6-14-9(13)5-12-4-3-8(10)11-12/h3-4,7H,5-6H2,1-2H3,(H2,10,11). The summed E-state index contributed by atoms with van der Waals surface area (Å²) in [5.74, 6) is 0.463. The number of nitrogens with two attached hydrogens (primary N) is 1. The number of aromatic nitrogens is 2. The monoisotopic (exact) mass is 197 g/mol. The molecule has 5 heteroatoms. The molecule has 1 rings (SSSR count). The van der Waals surface area contributed by atoms with Crippen molar-refractivity contribution in [1.82, 2.24) is 9.78 Å². The van der Waals surface area contributed by atoms with Gasteiger partial charge in [0.1, 0.15) is 12.4 Å². The van der Waals surface area contributed by atoms with Crippen LogP contribution in [0, 0.1) is 5.92 Å². The summed E-state index contributed by atoms with van der Waals surface area (Å²) in [6.45, 7) is 4.53. The molecule has 0 unspecified atom stereocenters. The van der Waals surface area contributed by atoms with Gasteiger partial charge in [0.25, 0.3) is 0 Å². The lowest BCUT2D eigenvalue weighted by atomic mass is 10.2. The number of nitrogens with zero attached hydrogens (tertiary/aromatic N) is 2. The number of rotatable bonds is 4. The first-order valence-electron chi connectivity index (χ1n) is 4.52. The van der Waals surface area contributed by atoms with E-state index in [-0.39, 0.29) is 12.5 Å². The summed E-state index contributed by atoms with van der Waals surface area (Å²) in [6.07, 6.45) is 1.64. The summed E-state index contributed by atoms with van der Waals surface area (Å²) in [6, 6.07) is 1.63. The Kier molecular flexibility index (Phi) is 3.50. The van der Waals surface area contributed by atoms with Crippen LogP contribution in [0.4, 0.5) is 5.82 Å². The molecule has 0 aromatic carbocycles. The Hall–Kier alpha value is -1.52. The molecule has 0 aliphatic rings. The van der Waals surface area contributed by atoms with Crippen molar-refractivity contribution in [1.29, 1.82) is 0 Å². The molecular weight excluding hydrogens is 182 g/mol. The van der Waals surface area contributed by atoms with E-state index in [0.717, 1.165) is 0 Å². The van der Waals surface area contributed by atoms with Gasteiger partial charge in [-0.25, -0.2) is 0 Å². The third kappa shape index (κ3) is 3.47. The summed E-state index contributed by atoms with van der Waals surface area (Å²) in [7, 11) is 0. The maximum Gasteiger partial charge on any atom is 0.327 e. The van der Waals surface area contributed by atoms with Gasteiger partial charge in [0.15, 0.2) is 0 Å². The van der Waals surface area contributed by atoms with E-state index in [9.17, 15) is 4.79 Å². The van der Waals surface area contributed by atoms with Gasteiger partial charge >= 0.3 is 5.97 Å². The van der Waals surface area contributed by atoms with E-state index in [1.54, 1.807) is 12.3 Å². The molecule has 1 aromatic heterocycles. The fraction of sp³-hybridized carbons (Fsp3) is 0.556. The number of hydrogen-bond donors (Lipinski definition) is 1. The van der Waals surface area contributed by atoms with Crippen molar-refractivity contribution < 1.29 is 9.53 Å². The highest BCUT2D eigenvalue weighted by atomic mass is 16.5. The number of carbonyl (C=O) groups excluding carboxylic acids is 1. The Labute approximate surface area is 82.8 Å². The molecule has 14 heavy (non-hydrogen) atoms. The smallest absolute Gasteiger partial charge is 0.327 e. The van der Waals surface area contributed by atoms with E-state index in [1.165, 1.54) is 4.68 Å². The molecule has 0 saturated heterocycles. The molecule has 1 heterocycles.